The second-order valence-electron chi connectivity index (χ2n) is 3.70. The van der Waals surface area contributed by atoms with E-state index in [1.54, 1.807) is 0 Å². The first-order valence-electron chi connectivity index (χ1n) is 4.99. The van der Waals surface area contributed by atoms with E-state index in [4.69, 9.17) is 5.73 Å². The fourth-order valence-corrected chi connectivity index (χ4v) is 4.66. The fraction of sp³-hybridized carbons (Fsp3) is 0.667. The third kappa shape index (κ3) is 2.21. The highest BCUT2D eigenvalue weighted by Crippen LogP contribution is 2.34. The summed E-state index contributed by atoms with van der Waals surface area (Å²) in [5, 5.41) is 2.44. The molecule has 1 aromatic heterocycles. The van der Waals surface area contributed by atoms with Gasteiger partial charge in [-0.05, 0) is 19.4 Å². The molecule has 1 aromatic rings. The molecule has 0 aromatic carbocycles. The average Bonchev–Trinajstić information content (AvgIpc) is 2.72. The summed E-state index contributed by atoms with van der Waals surface area (Å²) < 4.78 is 23.3. The van der Waals surface area contributed by atoms with E-state index >= 15 is 0 Å². The molecular weight excluding hydrogens is 232 g/mol. The lowest BCUT2D eigenvalue weighted by Crippen LogP contribution is -2.08. The van der Waals surface area contributed by atoms with Gasteiger partial charge in [0.25, 0.3) is 0 Å². The lowest BCUT2D eigenvalue weighted by molar-refractivity contribution is 0.591. The van der Waals surface area contributed by atoms with Gasteiger partial charge in [-0.3, -0.25) is 0 Å². The van der Waals surface area contributed by atoms with E-state index in [9.17, 15) is 8.42 Å². The number of nitrogens with two attached hydrogens (primary N) is 1. The predicted octanol–water partition coefficient (Wildman–Crippen LogP) is 0.894. The minimum absolute atomic E-state index is 0.307. The van der Waals surface area contributed by atoms with E-state index in [0.717, 1.165) is 23.5 Å². The smallest absolute Gasteiger partial charge is 0.158 e. The van der Waals surface area contributed by atoms with E-state index in [-0.39, 0.29) is 5.25 Å². The Kier molecular flexibility index (Phi) is 3.08. The normalized spacial score (nSPS) is 24.5. The summed E-state index contributed by atoms with van der Waals surface area (Å²) in [5.74, 6) is 0.307. The zero-order valence-corrected chi connectivity index (χ0v) is 9.98. The largest absolute Gasteiger partial charge is 0.330 e. The van der Waals surface area contributed by atoms with Gasteiger partial charge in [-0.1, -0.05) is 0 Å². The Balaban J connectivity index is 2.22. The number of sulfone groups is 1. The summed E-state index contributed by atoms with van der Waals surface area (Å²) in [5.41, 5.74) is 6.15. The summed E-state index contributed by atoms with van der Waals surface area (Å²) in [6.45, 7) is 0.560. The summed E-state index contributed by atoms with van der Waals surface area (Å²) in [4.78, 5) is 4.34. The molecule has 1 aliphatic heterocycles. The molecule has 84 valence electrons. The number of rotatable bonds is 3. The number of aromatic nitrogens is 1. The van der Waals surface area contributed by atoms with Crippen molar-refractivity contribution in [1.82, 2.24) is 4.98 Å². The molecule has 1 atom stereocenters. The van der Waals surface area contributed by atoms with Gasteiger partial charge in [-0.2, -0.15) is 0 Å². The molecular formula is C9H14N2O2S2. The van der Waals surface area contributed by atoms with Crippen LogP contribution in [0, 0.1) is 0 Å². The first-order chi connectivity index (χ1) is 7.13. The maximum atomic E-state index is 11.7. The Morgan fingerprint density at radius 1 is 1.60 bits per heavy atom. The quantitative estimate of drug-likeness (QED) is 0.859. The maximum absolute atomic E-state index is 11.7. The van der Waals surface area contributed by atoms with Crippen LogP contribution in [0.5, 0.6) is 0 Å². The molecule has 0 amide bonds. The van der Waals surface area contributed by atoms with Gasteiger partial charge >= 0.3 is 0 Å². The van der Waals surface area contributed by atoms with Crippen molar-refractivity contribution in [1.29, 1.82) is 0 Å². The van der Waals surface area contributed by atoms with Gasteiger partial charge in [-0.15, -0.1) is 11.3 Å². The second kappa shape index (κ2) is 4.19. The zero-order chi connectivity index (χ0) is 10.9. The minimum atomic E-state index is -2.93. The van der Waals surface area contributed by atoms with Crippen LogP contribution in [0.25, 0.3) is 0 Å². The Hall–Kier alpha value is -0.460. The van der Waals surface area contributed by atoms with E-state index < -0.39 is 9.84 Å². The van der Waals surface area contributed by atoms with Gasteiger partial charge in [0.2, 0.25) is 0 Å². The van der Waals surface area contributed by atoms with Crippen molar-refractivity contribution in [2.45, 2.75) is 24.5 Å². The highest BCUT2D eigenvalue weighted by Gasteiger charge is 2.34. The molecule has 0 aliphatic carbocycles. The molecule has 0 bridgehead atoms. The third-order valence-corrected chi connectivity index (χ3v) is 5.71. The van der Waals surface area contributed by atoms with Crippen molar-refractivity contribution >= 4 is 21.2 Å². The van der Waals surface area contributed by atoms with Crippen LogP contribution in [0.2, 0.25) is 0 Å². The number of hydrogen-bond acceptors (Lipinski definition) is 5. The van der Waals surface area contributed by atoms with Crippen molar-refractivity contribution in [2.75, 3.05) is 12.3 Å². The number of thiazole rings is 1. The number of hydrogen-bond donors (Lipinski definition) is 1. The molecule has 1 unspecified atom stereocenters. The summed E-state index contributed by atoms with van der Waals surface area (Å²) in [6.07, 6.45) is 2.21. The highest BCUT2D eigenvalue weighted by molar-refractivity contribution is 7.91. The molecule has 0 spiro atoms. The van der Waals surface area contributed by atoms with Crippen LogP contribution in [0.4, 0.5) is 0 Å². The van der Waals surface area contributed by atoms with Crippen molar-refractivity contribution in [3.8, 4) is 0 Å². The zero-order valence-electron chi connectivity index (χ0n) is 8.35. The summed E-state index contributed by atoms with van der Waals surface area (Å²) in [7, 11) is -2.93. The molecule has 2 N–H and O–H groups in total. The molecule has 6 heteroatoms. The van der Waals surface area contributed by atoms with E-state index in [0.29, 0.717) is 18.7 Å². The van der Waals surface area contributed by atoms with Crippen molar-refractivity contribution in [2.24, 2.45) is 5.73 Å². The monoisotopic (exact) mass is 246 g/mol. The highest BCUT2D eigenvalue weighted by atomic mass is 32.2. The SMILES string of the molecule is NCCc1nc(C2CCCS2(=O)=O)cs1. The van der Waals surface area contributed by atoms with Gasteiger partial charge in [-0.25, -0.2) is 13.4 Å². The topological polar surface area (TPSA) is 73.0 Å². The van der Waals surface area contributed by atoms with Gasteiger partial charge in [0.05, 0.1) is 16.5 Å². The van der Waals surface area contributed by atoms with Crippen LogP contribution in [-0.2, 0) is 16.3 Å². The predicted molar refractivity (Wildman–Crippen MR) is 60.6 cm³/mol. The molecule has 0 saturated carbocycles. The lowest BCUT2D eigenvalue weighted by atomic mass is 10.2. The Bertz CT molecular complexity index is 439. The van der Waals surface area contributed by atoms with Gasteiger partial charge in [0.15, 0.2) is 9.84 Å². The van der Waals surface area contributed by atoms with E-state index in [1.807, 2.05) is 5.38 Å². The Morgan fingerprint density at radius 3 is 3.00 bits per heavy atom. The number of nitrogens with zero attached hydrogens (tertiary/aromatic N) is 1. The third-order valence-electron chi connectivity index (χ3n) is 2.59. The standard InChI is InChI=1S/C9H14N2O2S2/c10-4-3-9-11-7(6-14-9)8-2-1-5-15(8,12)13/h6,8H,1-5,10H2. The van der Waals surface area contributed by atoms with Crippen molar-refractivity contribution in [3.05, 3.63) is 16.1 Å². The minimum Gasteiger partial charge on any atom is -0.330 e. The Morgan fingerprint density at radius 2 is 2.40 bits per heavy atom. The fourth-order valence-electron chi connectivity index (χ4n) is 1.83. The molecule has 4 nitrogen and oxygen atoms in total. The molecule has 2 heterocycles. The molecule has 1 saturated heterocycles. The van der Waals surface area contributed by atoms with E-state index in [2.05, 4.69) is 4.98 Å². The summed E-state index contributed by atoms with van der Waals surface area (Å²) >= 11 is 1.51. The first kappa shape index (κ1) is 11.0. The van der Waals surface area contributed by atoms with Crippen molar-refractivity contribution in [3.63, 3.8) is 0 Å². The van der Waals surface area contributed by atoms with Crippen LogP contribution in [-0.4, -0.2) is 25.7 Å². The first-order valence-corrected chi connectivity index (χ1v) is 7.59. The van der Waals surface area contributed by atoms with Crippen LogP contribution in [0.3, 0.4) is 0 Å². The van der Waals surface area contributed by atoms with Gasteiger partial charge < -0.3 is 5.73 Å². The van der Waals surface area contributed by atoms with Crippen LogP contribution < -0.4 is 5.73 Å². The molecule has 1 aliphatic rings. The van der Waals surface area contributed by atoms with Crippen LogP contribution >= 0.6 is 11.3 Å². The van der Waals surface area contributed by atoms with Crippen molar-refractivity contribution < 1.29 is 8.42 Å². The average molecular weight is 246 g/mol. The molecule has 2 rings (SSSR count). The lowest BCUT2D eigenvalue weighted by Gasteiger charge is -2.04. The van der Waals surface area contributed by atoms with E-state index in [1.165, 1.54) is 11.3 Å². The second-order valence-corrected chi connectivity index (χ2v) is 6.95. The van der Waals surface area contributed by atoms with Gasteiger partial charge in [0.1, 0.15) is 5.25 Å². The Labute approximate surface area is 93.4 Å². The van der Waals surface area contributed by atoms with Crippen LogP contribution in [0.1, 0.15) is 28.8 Å². The summed E-state index contributed by atoms with van der Waals surface area (Å²) in [6, 6.07) is 0. The molecule has 0 radical (unpaired) electrons. The molecule has 1 fully saturated rings. The van der Waals surface area contributed by atoms with Gasteiger partial charge in [0, 0.05) is 11.8 Å². The van der Waals surface area contributed by atoms with Crippen LogP contribution in [0.15, 0.2) is 5.38 Å². The molecule has 15 heavy (non-hydrogen) atoms. The maximum Gasteiger partial charge on any atom is 0.158 e.